The second-order valence-corrected chi connectivity index (χ2v) is 9.82. The van der Waals surface area contributed by atoms with Gasteiger partial charge in [-0.25, -0.2) is 4.99 Å². The van der Waals surface area contributed by atoms with Crippen molar-refractivity contribution < 1.29 is 4.79 Å². The minimum Gasteiger partial charge on any atom is -0.356 e. The number of piperazine rings is 1. The number of amidine groups is 1. The Morgan fingerprint density at radius 3 is 2.50 bits per heavy atom. The zero-order valence-electron chi connectivity index (χ0n) is 20.1. The Kier molecular flexibility index (Phi) is 8.97. The first-order chi connectivity index (χ1) is 16.5. The summed E-state index contributed by atoms with van der Waals surface area (Å²) in [7, 11) is 0. The van der Waals surface area contributed by atoms with E-state index in [9.17, 15) is 4.79 Å². The number of anilines is 1. The molecule has 0 radical (unpaired) electrons. The zero-order valence-corrected chi connectivity index (χ0v) is 20.9. The predicted octanol–water partition coefficient (Wildman–Crippen LogP) is 4.72. The van der Waals surface area contributed by atoms with Crippen LogP contribution in [0.4, 0.5) is 11.4 Å². The van der Waals surface area contributed by atoms with Crippen LogP contribution in [-0.4, -0.2) is 66.9 Å². The van der Waals surface area contributed by atoms with Gasteiger partial charge >= 0.3 is 0 Å². The van der Waals surface area contributed by atoms with Crippen LogP contribution in [0.3, 0.4) is 0 Å². The molecule has 0 unspecified atom stereocenters. The number of hydrogen-bond donors (Lipinski definition) is 2. The number of benzene rings is 2. The Bertz CT molecular complexity index is 954. The third-order valence-corrected chi connectivity index (χ3v) is 6.76. The number of halogens is 1. The van der Waals surface area contributed by atoms with Crippen LogP contribution in [0.1, 0.15) is 38.2 Å². The van der Waals surface area contributed by atoms with Crippen molar-refractivity contribution >= 4 is 34.7 Å². The van der Waals surface area contributed by atoms with Crippen molar-refractivity contribution in [2.75, 3.05) is 44.6 Å². The van der Waals surface area contributed by atoms with E-state index in [1.54, 1.807) is 0 Å². The van der Waals surface area contributed by atoms with E-state index < -0.39 is 0 Å². The molecule has 6 nitrogen and oxygen atoms in total. The van der Waals surface area contributed by atoms with Gasteiger partial charge in [0.15, 0.2) is 0 Å². The van der Waals surface area contributed by atoms with Crippen LogP contribution < -0.4 is 10.6 Å². The Morgan fingerprint density at radius 2 is 1.79 bits per heavy atom. The van der Waals surface area contributed by atoms with Gasteiger partial charge in [-0.05, 0) is 81.2 Å². The highest BCUT2D eigenvalue weighted by atomic mass is 35.5. The van der Waals surface area contributed by atoms with Crippen LogP contribution in [0, 0.1) is 0 Å². The number of carbonyl (C=O) groups is 1. The normalized spacial score (nSPS) is 19.8. The van der Waals surface area contributed by atoms with Crippen molar-refractivity contribution in [3.05, 3.63) is 59.1 Å². The fraction of sp³-hybridized carbons (Fsp3) is 0.481. The molecule has 2 aromatic carbocycles. The lowest BCUT2D eigenvalue weighted by atomic mass is 10.1. The highest BCUT2D eigenvalue weighted by molar-refractivity contribution is 6.30. The van der Waals surface area contributed by atoms with Gasteiger partial charge in [-0.2, -0.15) is 0 Å². The van der Waals surface area contributed by atoms with Crippen LogP contribution >= 0.6 is 11.6 Å². The predicted molar refractivity (Wildman–Crippen MR) is 141 cm³/mol. The lowest BCUT2D eigenvalue weighted by Crippen LogP contribution is -2.53. The number of carbonyl (C=O) groups excluding carboxylic acids is 1. The van der Waals surface area contributed by atoms with E-state index in [0.717, 1.165) is 62.0 Å². The van der Waals surface area contributed by atoms with Gasteiger partial charge in [0, 0.05) is 42.8 Å². The molecule has 2 heterocycles. The molecular weight excluding hydrogens is 446 g/mol. The first-order valence-electron chi connectivity index (χ1n) is 12.5. The van der Waals surface area contributed by atoms with E-state index in [1.165, 1.54) is 19.3 Å². The Morgan fingerprint density at radius 1 is 1.06 bits per heavy atom. The summed E-state index contributed by atoms with van der Waals surface area (Å²) in [5.74, 6) is 1.15. The van der Waals surface area contributed by atoms with E-state index in [1.807, 2.05) is 48.5 Å². The maximum absolute atomic E-state index is 12.4. The molecule has 0 saturated carbocycles. The fourth-order valence-electron chi connectivity index (χ4n) is 4.59. The number of piperidine rings is 1. The SMILES string of the molecule is C[C@H]1CN(C(CN2CCCCC2)=Nc2ccc(NC(=O)CCc3ccc(Cl)cc3)cc2)CCN1. The molecule has 2 aliphatic heterocycles. The van der Waals surface area contributed by atoms with Crippen LogP contribution in [0.5, 0.6) is 0 Å². The van der Waals surface area contributed by atoms with Gasteiger partial charge in [-0.3, -0.25) is 9.69 Å². The third-order valence-electron chi connectivity index (χ3n) is 6.51. The minimum absolute atomic E-state index is 0.00629. The summed E-state index contributed by atoms with van der Waals surface area (Å²) in [5, 5.41) is 7.24. The van der Waals surface area contributed by atoms with Gasteiger partial charge in [-0.1, -0.05) is 30.2 Å². The molecule has 2 aromatic rings. The molecule has 34 heavy (non-hydrogen) atoms. The molecule has 7 heteroatoms. The number of aliphatic imine (C=N–C) groups is 1. The van der Waals surface area contributed by atoms with Crippen LogP contribution in [0.2, 0.25) is 5.02 Å². The highest BCUT2D eigenvalue weighted by Gasteiger charge is 2.22. The molecule has 0 aromatic heterocycles. The Balaban J connectivity index is 1.37. The summed E-state index contributed by atoms with van der Waals surface area (Å²) < 4.78 is 0. The number of rotatable bonds is 7. The maximum atomic E-state index is 12.4. The number of aryl methyl sites for hydroxylation is 1. The van der Waals surface area contributed by atoms with Crippen molar-refractivity contribution in [3.63, 3.8) is 0 Å². The molecule has 4 rings (SSSR count). The van der Waals surface area contributed by atoms with Crippen LogP contribution in [0.25, 0.3) is 0 Å². The molecule has 2 saturated heterocycles. The summed E-state index contributed by atoms with van der Waals surface area (Å²) in [4.78, 5) is 22.4. The van der Waals surface area contributed by atoms with Crippen molar-refractivity contribution in [2.24, 2.45) is 4.99 Å². The minimum atomic E-state index is 0.00629. The average molecular weight is 482 g/mol. The van der Waals surface area contributed by atoms with E-state index in [-0.39, 0.29) is 5.91 Å². The number of hydrogen-bond acceptors (Lipinski definition) is 4. The average Bonchev–Trinajstić information content (AvgIpc) is 2.85. The molecule has 1 atom stereocenters. The number of amides is 1. The summed E-state index contributed by atoms with van der Waals surface area (Å²) in [6.07, 6.45) is 5.01. The third kappa shape index (κ3) is 7.55. The van der Waals surface area contributed by atoms with E-state index in [0.29, 0.717) is 23.9 Å². The molecule has 182 valence electrons. The quantitative estimate of drug-likeness (QED) is 0.443. The van der Waals surface area contributed by atoms with Gasteiger partial charge in [0.05, 0.1) is 12.2 Å². The molecule has 0 aliphatic carbocycles. The number of nitrogens with one attached hydrogen (secondary N) is 2. The molecule has 0 spiro atoms. The largest absolute Gasteiger partial charge is 0.356 e. The summed E-state index contributed by atoms with van der Waals surface area (Å²) in [5.41, 5.74) is 2.83. The molecule has 2 fully saturated rings. The second kappa shape index (κ2) is 12.3. The lowest BCUT2D eigenvalue weighted by molar-refractivity contribution is -0.116. The van der Waals surface area contributed by atoms with Gasteiger partial charge in [-0.15, -0.1) is 0 Å². The first kappa shape index (κ1) is 24.7. The van der Waals surface area contributed by atoms with Crippen molar-refractivity contribution in [1.82, 2.24) is 15.1 Å². The van der Waals surface area contributed by atoms with E-state index in [2.05, 4.69) is 27.4 Å². The summed E-state index contributed by atoms with van der Waals surface area (Å²) in [6, 6.07) is 16.0. The molecule has 1 amide bonds. The maximum Gasteiger partial charge on any atom is 0.224 e. The first-order valence-corrected chi connectivity index (χ1v) is 12.9. The van der Waals surface area contributed by atoms with Crippen LogP contribution in [-0.2, 0) is 11.2 Å². The van der Waals surface area contributed by atoms with Crippen LogP contribution in [0.15, 0.2) is 53.5 Å². The summed E-state index contributed by atoms with van der Waals surface area (Å²) >= 11 is 5.93. The topological polar surface area (TPSA) is 60.0 Å². The van der Waals surface area contributed by atoms with Crippen molar-refractivity contribution in [3.8, 4) is 0 Å². The lowest BCUT2D eigenvalue weighted by Gasteiger charge is -2.37. The Hall–Kier alpha value is -2.41. The Labute approximate surface area is 208 Å². The number of likely N-dealkylation sites (tertiary alicyclic amines) is 1. The van der Waals surface area contributed by atoms with Gasteiger partial charge in [0.25, 0.3) is 0 Å². The second-order valence-electron chi connectivity index (χ2n) is 9.39. The van der Waals surface area contributed by atoms with Gasteiger partial charge in [0.2, 0.25) is 5.91 Å². The van der Waals surface area contributed by atoms with Gasteiger partial charge < -0.3 is 15.5 Å². The zero-order chi connectivity index (χ0) is 23.8. The van der Waals surface area contributed by atoms with Crippen molar-refractivity contribution in [2.45, 2.75) is 45.1 Å². The summed E-state index contributed by atoms with van der Waals surface area (Å²) in [6.45, 7) is 8.39. The van der Waals surface area contributed by atoms with E-state index >= 15 is 0 Å². The van der Waals surface area contributed by atoms with E-state index in [4.69, 9.17) is 16.6 Å². The monoisotopic (exact) mass is 481 g/mol. The highest BCUT2D eigenvalue weighted by Crippen LogP contribution is 2.19. The molecule has 0 bridgehead atoms. The molecular formula is C27H36ClN5O. The van der Waals surface area contributed by atoms with Gasteiger partial charge in [0.1, 0.15) is 5.84 Å². The standard InChI is InChI=1S/C27H36ClN5O/c1-21-19-33(18-15-29-21)26(20-32-16-3-2-4-17-32)30-24-10-12-25(13-11-24)31-27(34)14-7-22-5-8-23(28)9-6-22/h5-6,8-13,21,29H,2-4,7,14-20H2,1H3,(H,31,34)/t21-/m0/s1. The smallest absolute Gasteiger partial charge is 0.224 e. The van der Waals surface area contributed by atoms with Crippen molar-refractivity contribution in [1.29, 1.82) is 0 Å². The molecule has 2 aliphatic rings. The molecule has 2 N–H and O–H groups in total. The fourth-order valence-corrected chi connectivity index (χ4v) is 4.72. The number of nitrogens with zero attached hydrogens (tertiary/aromatic N) is 3.